The summed E-state index contributed by atoms with van der Waals surface area (Å²) >= 11 is 0.254. The number of hydrogen-bond donors (Lipinski definition) is 1. The maximum atomic E-state index is 3.64. The number of likely N-dealkylation sites (N-methyl/N-ethyl adjacent to an activating group) is 1. The van der Waals surface area contributed by atoms with Gasteiger partial charge in [-0.15, -0.1) is 0 Å². The van der Waals surface area contributed by atoms with Gasteiger partial charge in [0.15, 0.2) is 0 Å². The average Bonchev–Trinajstić information content (AvgIpc) is 2.57. The Kier molecular flexibility index (Phi) is 3.83. The molecule has 0 spiro atoms. The van der Waals surface area contributed by atoms with E-state index >= 15 is 0 Å². The standard InChI is InChI=1S/C9H19IN3/c1-12-7-4-11-9(8-12)10-13-5-2-3-6-13/h9,11H,2-8H2,1H3/q-1. The van der Waals surface area contributed by atoms with Gasteiger partial charge in [-0.25, -0.2) is 0 Å². The van der Waals surface area contributed by atoms with Crippen LogP contribution < -0.4 is 26.8 Å². The number of piperazine rings is 1. The van der Waals surface area contributed by atoms with E-state index in [4.69, 9.17) is 0 Å². The number of rotatable bonds is 2. The third-order valence-corrected chi connectivity index (χ3v) is 5.90. The van der Waals surface area contributed by atoms with Crippen LogP contribution in [0.2, 0.25) is 0 Å². The third-order valence-electron chi connectivity index (χ3n) is 2.64. The van der Waals surface area contributed by atoms with Crippen LogP contribution >= 0.6 is 0 Å². The predicted molar refractivity (Wildman–Crippen MR) is 50.1 cm³/mol. The summed E-state index contributed by atoms with van der Waals surface area (Å²) < 4.78 is 3.52. The molecule has 0 saturated carbocycles. The van der Waals surface area contributed by atoms with Crippen molar-refractivity contribution in [3.8, 4) is 0 Å². The minimum absolute atomic E-state index is 0.254. The van der Waals surface area contributed by atoms with E-state index in [-0.39, 0.29) is 21.5 Å². The summed E-state index contributed by atoms with van der Waals surface area (Å²) in [5.74, 6) is 0. The molecule has 1 atom stereocenters. The van der Waals surface area contributed by atoms with Gasteiger partial charge in [0.25, 0.3) is 0 Å². The van der Waals surface area contributed by atoms with E-state index in [1.165, 1.54) is 45.6 Å². The van der Waals surface area contributed by atoms with Crippen molar-refractivity contribution in [3.05, 3.63) is 0 Å². The molecule has 78 valence electrons. The number of halogens is 1. The first-order valence-corrected chi connectivity index (χ1v) is 7.36. The van der Waals surface area contributed by atoms with Crippen LogP contribution in [-0.2, 0) is 0 Å². The van der Waals surface area contributed by atoms with Crippen LogP contribution in [0.4, 0.5) is 0 Å². The molecule has 3 nitrogen and oxygen atoms in total. The van der Waals surface area contributed by atoms with Gasteiger partial charge in [0.1, 0.15) is 0 Å². The molecule has 2 fully saturated rings. The number of hydrogen-bond acceptors (Lipinski definition) is 3. The average molecular weight is 296 g/mol. The molecule has 4 heteroatoms. The van der Waals surface area contributed by atoms with Crippen LogP contribution in [-0.4, -0.2) is 51.8 Å². The van der Waals surface area contributed by atoms with Crippen LogP contribution in [0.25, 0.3) is 0 Å². The van der Waals surface area contributed by atoms with E-state index < -0.39 is 0 Å². The number of alkyl halides is 1. The van der Waals surface area contributed by atoms with Crippen molar-refractivity contribution in [2.24, 2.45) is 0 Å². The summed E-state index contributed by atoms with van der Waals surface area (Å²) in [6.45, 7) is 6.42. The summed E-state index contributed by atoms with van der Waals surface area (Å²) in [6, 6.07) is 0. The van der Waals surface area contributed by atoms with E-state index in [0.29, 0.717) is 0 Å². The van der Waals surface area contributed by atoms with E-state index in [2.05, 4.69) is 20.4 Å². The van der Waals surface area contributed by atoms with Gasteiger partial charge in [-0.1, -0.05) is 0 Å². The Morgan fingerprint density at radius 1 is 1.23 bits per heavy atom. The molecule has 2 aliphatic rings. The molecule has 0 aromatic carbocycles. The van der Waals surface area contributed by atoms with Gasteiger partial charge in [-0.2, -0.15) is 0 Å². The molecule has 1 N–H and O–H groups in total. The number of nitrogens with zero attached hydrogens (tertiary/aromatic N) is 2. The van der Waals surface area contributed by atoms with Crippen molar-refractivity contribution >= 4 is 0 Å². The molecule has 2 aliphatic heterocycles. The van der Waals surface area contributed by atoms with Gasteiger partial charge >= 0.3 is 91.5 Å². The Balaban J connectivity index is 1.73. The van der Waals surface area contributed by atoms with Gasteiger partial charge in [-0.05, 0) is 0 Å². The van der Waals surface area contributed by atoms with Crippen molar-refractivity contribution in [3.63, 3.8) is 0 Å². The summed E-state index contributed by atoms with van der Waals surface area (Å²) in [4.78, 5) is 2.46. The molecule has 0 radical (unpaired) electrons. The normalized spacial score (nSPS) is 32.8. The van der Waals surface area contributed by atoms with Gasteiger partial charge in [0.2, 0.25) is 0 Å². The minimum atomic E-state index is 0.254. The molecule has 1 unspecified atom stereocenters. The second-order valence-electron chi connectivity index (χ2n) is 3.90. The first-order valence-electron chi connectivity index (χ1n) is 5.15. The molecule has 0 bridgehead atoms. The van der Waals surface area contributed by atoms with Crippen molar-refractivity contribution in [2.45, 2.75) is 16.9 Å². The van der Waals surface area contributed by atoms with E-state index in [9.17, 15) is 0 Å². The first-order chi connectivity index (χ1) is 6.34. The van der Waals surface area contributed by atoms with Gasteiger partial charge in [0, 0.05) is 0 Å². The Bertz CT molecular complexity index is 159. The fraction of sp³-hybridized carbons (Fsp3) is 1.00. The fourth-order valence-electron chi connectivity index (χ4n) is 1.85. The zero-order chi connectivity index (χ0) is 9.10. The zero-order valence-electron chi connectivity index (χ0n) is 8.30. The van der Waals surface area contributed by atoms with E-state index in [1.54, 1.807) is 0 Å². The van der Waals surface area contributed by atoms with Crippen molar-refractivity contribution in [2.75, 3.05) is 39.8 Å². The molecule has 0 aliphatic carbocycles. The molecular weight excluding hydrogens is 277 g/mol. The maximum absolute atomic E-state index is 3.64. The number of nitrogens with one attached hydrogen (secondary N) is 1. The molecule has 0 aromatic rings. The Labute approximate surface area is 91.5 Å². The predicted octanol–water partition coefficient (Wildman–Crippen LogP) is -3.05. The van der Waals surface area contributed by atoms with Crippen molar-refractivity contribution < 1.29 is 21.5 Å². The van der Waals surface area contributed by atoms with Crippen molar-refractivity contribution in [1.82, 2.24) is 13.3 Å². The quantitative estimate of drug-likeness (QED) is 0.253. The molecular formula is C9H19IN3-. The third kappa shape index (κ3) is 3.04. The molecule has 13 heavy (non-hydrogen) atoms. The topological polar surface area (TPSA) is 18.5 Å². The Morgan fingerprint density at radius 2 is 2.00 bits per heavy atom. The van der Waals surface area contributed by atoms with E-state index in [0.717, 1.165) is 4.05 Å². The summed E-state index contributed by atoms with van der Waals surface area (Å²) in [5.41, 5.74) is 0. The molecule has 0 aromatic heterocycles. The fourth-order valence-corrected chi connectivity index (χ4v) is 5.40. The Hall–Kier alpha value is 0.610. The molecule has 2 rings (SSSR count). The van der Waals surface area contributed by atoms with Gasteiger partial charge < -0.3 is 0 Å². The summed E-state index contributed by atoms with van der Waals surface area (Å²) in [5, 5.41) is 3.64. The van der Waals surface area contributed by atoms with Gasteiger partial charge in [0.05, 0.1) is 0 Å². The molecule has 2 saturated heterocycles. The van der Waals surface area contributed by atoms with Crippen LogP contribution in [0, 0.1) is 0 Å². The SMILES string of the molecule is CN1CCNC([I-]N2CCCC2)C1. The van der Waals surface area contributed by atoms with Crippen molar-refractivity contribution in [1.29, 1.82) is 0 Å². The van der Waals surface area contributed by atoms with Gasteiger partial charge in [-0.3, -0.25) is 0 Å². The van der Waals surface area contributed by atoms with Crippen LogP contribution in [0.5, 0.6) is 0 Å². The second kappa shape index (κ2) is 4.91. The zero-order valence-corrected chi connectivity index (χ0v) is 10.5. The van der Waals surface area contributed by atoms with Crippen LogP contribution in [0.1, 0.15) is 12.8 Å². The molecule has 2 heterocycles. The summed E-state index contributed by atoms with van der Waals surface area (Å²) in [6.07, 6.45) is 2.87. The van der Waals surface area contributed by atoms with E-state index in [1.807, 2.05) is 0 Å². The molecule has 0 amide bonds. The summed E-state index contributed by atoms with van der Waals surface area (Å²) in [7, 11) is 2.24. The second-order valence-corrected chi connectivity index (χ2v) is 7.32. The first kappa shape index (κ1) is 10.1. The van der Waals surface area contributed by atoms with Crippen LogP contribution in [0.3, 0.4) is 0 Å². The monoisotopic (exact) mass is 296 g/mol. The van der Waals surface area contributed by atoms with Crippen LogP contribution in [0.15, 0.2) is 0 Å². The Morgan fingerprint density at radius 3 is 2.69 bits per heavy atom.